The lowest BCUT2D eigenvalue weighted by Gasteiger charge is -2.04. The van der Waals surface area contributed by atoms with E-state index in [-0.39, 0.29) is 5.78 Å². The van der Waals surface area contributed by atoms with Crippen LogP contribution in [0.15, 0.2) is 0 Å². The van der Waals surface area contributed by atoms with E-state index in [1.807, 2.05) is 13.8 Å². The van der Waals surface area contributed by atoms with E-state index in [1.54, 1.807) is 13.8 Å². The number of Topliss-reactive ketones (excluding diaryl/α,β-unsaturated/α-hetero) is 1. The Morgan fingerprint density at radius 2 is 1.75 bits per heavy atom. The Morgan fingerprint density at radius 1 is 1.33 bits per heavy atom. The van der Waals surface area contributed by atoms with E-state index in [1.165, 1.54) is 7.11 Å². The van der Waals surface area contributed by atoms with Crippen molar-refractivity contribution in [2.75, 3.05) is 7.11 Å². The first-order chi connectivity index (χ1) is 5.63. The third-order valence-corrected chi connectivity index (χ3v) is 1.39. The summed E-state index contributed by atoms with van der Waals surface area (Å²) in [5, 5.41) is 0. The van der Waals surface area contributed by atoms with Gasteiger partial charge in [0, 0.05) is 6.42 Å². The van der Waals surface area contributed by atoms with E-state index in [0.29, 0.717) is 6.42 Å². The summed E-state index contributed by atoms with van der Waals surface area (Å²) < 4.78 is 4.38. The number of rotatable bonds is 3. The second-order valence-electron chi connectivity index (χ2n) is 2.06. The van der Waals surface area contributed by atoms with E-state index < -0.39 is 11.9 Å². The van der Waals surface area contributed by atoms with Gasteiger partial charge >= 0.3 is 5.97 Å². The topological polar surface area (TPSA) is 43.4 Å². The highest BCUT2D eigenvalue weighted by atomic mass is 16.5. The molecule has 0 amide bonds. The summed E-state index contributed by atoms with van der Waals surface area (Å²) in [5.74, 6) is -1.13. The highest BCUT2D eigenvalue weighted by Gasteiger charge is 2.19. The Kier molecular flexibility index (Phi) is 9.41. The van der Waals surface area contributed by atoms with Gasteiger partial charge in [-0.05, 0) is 6.92 Å². The predicted molar refractivity (Wildman–Crippen MR) is 47.8 cm³/mol. The van der Waals surface area contributed by atoms with Gasteiger partial charge in [0.2, 0.25) is 0 Å². The van der Waals surface area contributed by atoms with Crippen molar-refractivity contribution in [3.63, 3.8) is 0 Å². The highest BCUT2D eigenvalue weighted by molar-refractivity contribution is 5.98. The summed E-state index contributed by atoms with van der Waals surface area (Å²) in [7, 11) is 1.28. The lowest BCUT2D eigenvalue weighted by atomic mass is 10.1. The Labute approximate surface area is 74.1 Å². The zero-order valence-electron chi connectivity index (χ0n) is 8.51. The van der Waals surface area contributed by atoms with Crippen molar-refractivity contribution in [2.24, 2.45) is 5.92 Å². The zero-order valence-corrected chi connectivity index (χ0v) is 8.51. The number of carbonyl (C=O) groups excluding carboxylic acids is 2. The fourth-order valence-corrected chi connectivity index (χ4v) is 0.614. The van der Waals surface area contributed by atoms with Crippen LogP contribution in [0.2, 0.25) is 0 Å². The molecule has 0 aliphatic carbocycles. The summed E-state index contributed by atoms with van der Waals surface area (Å²) in [6, 6.07) is 0. The van der Waals surface area contributed by atoms with Crippen LogP contribution in [0.5, 0.6) is 0 Å². The molecule has 0 aromatic carbocycles. The van der Waals surface area contributed by atoms with E-state index in [9.17, 15) is 9.59 Å². The summed E-state index contributed by atoms with van der Waals surface area (Å²) >= 11 is 0. The molecule has 0 saturated carbocycles. The number of carbonyl (C=O) groups is 2. The smallest absolute Gasteiger partial charge is 0.315 e. The summed E-state index contributed by atoms with van der Waals surface area (Å²) in [6.07, 6.45) is 0.385. The molecule has 0 aromatic heterocycles. The Bertz CT molecular complexity index is 125. The monoisotopic (exact) mass is 174 g/mol. The fraction of sp³-hybridized carbons (Fsp3) is 0.778. The highest BCUT2D eigenvalue weighted by Crippen LogP contribution is 2.01. The largest absolute Gasteiger partial charge is 0.468 e. The molecular formula is C9H18O3. The van der Waals surface area contributed by atoms with Crippen molar-refractivity contribution in [2.45, 2.75) is 34.1 Å². The average molecular weight is 174 g/mol. The number of methoxy groups -OCH3 is 1. The van der Waals surface area contributed by atoms with Gasteiger partial charge in [-0.15, -0.1) is 0 Å². The van der Waals surface area contributed by atoms with Crippen molar-refractivity contribution in [1.82, 2.24) is 0 Å². The second-order valence-corrected chi connectivity index (χ2v) is 2.06. The molecule has 0 bridgehead atoms. The molecule has 0 aromatic rings. The molecule has 12 heavy (non-hydrogen) atoms. The maximum Gasteiger partial charge on any atom is 0.315 e. The van der Waals surface area contributed by atoms with Gasteiger partial charge in [-0.3, -0.25) is 9.59 Å². The summed E-state index contributed by atoms with van der Waals surface area (Å²) in [4.78, 5) is 21.5. The maximum absolute atomic E-state index is 10.8. The second kappa shape index (κ2) is 8.24. The van der Waals surface area contributed by atoms with Crippen LogP contribution in [0.25, 0.3) is 0 Å². The van der Waals surface area contributed by atoms with Gasteiger partial charge in [-0.25, -0.2) is 0 Å². The molecule has 0 heterocycles. The molecule has 1 unspecified atom stereocenters. The third-order valence-electron chi connectivity index (χ3n) is 1.39. The van der Waals surface area contributed by atoms with Gasteiger partial charge in [0.05, 0.1) is 7.11 Å². The summed E-state index contributed by atoms with van der Waals surface area (Å²) in [6.45, 7) is 7.28. The van der Waals surface area contributed by atoms with Gasteiger partial charge in [-0.1, -0.05) is 20.8 Å². The van der Waals surface area contributed by atoms with Crippen LogP contribution in [-0.4, -0.2) is 18.9 Å². The molecular weight excluding hydrogens is 156 g/mol. The first kappa shape index (κ1) is 13.7. The average Bonchev–Trinajstić information content (AvgIpc) is 2.17. The number of hydrogen-bond acceptors (Lipinski definition) is 3. The number of ketones is 1. The molecule has 0 fully saturated rings. The van der Waals surface area contributed by atoms with Crippen LogP contribution in [0.1, 0.15) is 34.1 Å². The van der Waals surface area contributed by atoms with E-state index in [4.69, 9.17) is 0 Å². The van der Waals surface area contributed by atoms with Crippen molar-refractivity contribution >= 4 is 11.8 Å². The number of hydrogen-bond donors (Lipinski definition) is 0. The van der Waals surface area contributed by atoms with Crippen LogP contribution in [0.4, 0.5) is 0 Å². The number of esters is 1. The van der Waals surface area contributed by atoms with Crippen molar-refractivity contribution in [1.29, 1.82) is 0 Å². The first-order valence-electron chi connectivity index (χ1n) is 4.24. The molecule has 0 N–H and O–H groups in total. The van der Waals surface area contributed by atoms with Gasteiger partial charge in [0.25, 0.3) is 0 Å². The Morgan fingerprint density at radius 3 is 2.00 bits per heavy atom. The number of ether oxygens (including phenoxy) is 1. The normalized spacial score (nSPS) is 10.8. The summed E-state index contributed by atoms with van der Waals surface area (Å²) in [5.41, 5.74) is 0. The van der Waals surface area contributed by atoms with Gasteiger partial charge in [0.15, 0.2) is 0 Å². The Balaban J connectivity index is 0. The minimum atomic E-state index is -0.602. The quantitative estimate of drug-likeness (QED) is 0.484. The minimum absolute atomic E-state index is 0.0770. The fourth-order valence-electron chi connectivity index (χ4n) is 0.614. The lowest BCUT2D eigenvalue weighted by Crippen LogP contribution is -2.21. The predicted octanol–water partition coefficient (Wildman–Crippen LogP) is 1.80. The molecule has 3 heteroatoms. The van der Waals surface area contributed by atoms with Crippen molar-refractivity contribution in [3.8, 4) is 0 Å². The molecule has 0 saturated heterocycles. The van der Waals surface area contributed by atoms with E-state index in [2.05, 4.69) is 4.74 Å². The van der Waals surface area contributed by atoms with Crippen molar-refractivity contribution < 1.29 is 14.3 Å². The molecule has 1 atom stereocenters. The lowest BCUT2D eigenvalue weighted by molar-refractivity contribution is -0.148. The van der Waals surface area contributed by atoms with E-state index in [0.717, 1.165) is 0 Å². The molecule has 0 aliphatic heterocycles. The zero-order chi connectivity index (χ0) is 10.1. The van der Waals surface area contributed by atoms with E-state index >= 15 is 0 Å². The van der Waals surface area contributed by atoms with Crippen LogP contribution in [0, 0.1) is 5.92 Å². The van der Waals surface area contributed by atoms with Crippen molar-refractivity contribution in [3.05, 3.63) is 0 Å². The molecule has 0 aliphatic rings. The van der Waals surface area contributed by atoms with Crippen LogP contribution in [-0.2, 0) is 14.3 Å². The van der Waals surface area contributed by atoms with Gasteiger partial charge in [0.1, 0.15) is 11.7 Å². The van der Waals surface area contributed by atoms with Crippen LogP contribution >= 0.6 is 0 Å². The molecule has 0 spiro atoms. The van der Waals surface area contributed by atoms with Gasteiger partial charge < -0.3 is 4.74 Å². The molecule has 0 radical (unpaired) electrons. The van der Waals surface area contributed by atoms with Crippen LogP contribution < -0.4 is 0 Å². The molecule has 0 rings (SSSR count). The van der Waals surface area contributed by atoms with Gasteiger partial charge in [-0.2, -0.15) is 0 Å². The molecule has 72 valence electrons. The minimum Gasteiger partial charge on any atom is -0.468 e. The Hall–Kier alpha value is -0.860. The third kappa shape index (κ3) is 4.88. The maximum atomic E-state index is 10.8. The SMILES string of the molecule is CC.CCC(=O)C(C)C(=O)OC. The molecule has 3 nitrogen and oxygen atoms in total. The standard InChI is InChI=1S/C7H12O3.C2H6/c1-4-6(8)5(2)7(9)10-3;1-2/h5H,4H2,1-3H3;1-2H3. The first-order valence-corrected chi connectivity index (χ1v) is 4.24. The van der Waals surface area contributed by atoms with Crippen LogP contribution in [0.3, 0.4) is 0 Å².